The number of sulfonamides is 1. The van der Waals surface area contributed by atoms with Gasteiger partial charge in [0.2, 0.25) is 5.91 Å². The number of hydrogen-bond acceptors (Lipinski definition) is 5. The minimum absolute atomic E-state index is 0.0720. The topological polar surface area (TPSA) is 69.7 Å². The molecule has 0 saturated carbocycles. The van der Waals surface area contributed by atoms with Gasteiger partial charge in [-0.3, -0.25) is 9.69 Å². The Balaban J connectivity index is 1.58. The molecule has 0 spiro atoms. The Kier molecular flexibility index (Phi) is 8.66. The SMILES string of the molecule is CCN(CC)C(CNC(=O)Cc1ccc(S(=O)(=O)N2CCCC2)s1)Cc1ccccc1. The number of benzene rings is 1. The van der Waals surface area contributed by atoms with E-state index in [1.165, 1.54) is 16.9 Å². The van der Waals surface area contributed by atoms with Crippen LogP contribution in [0.2, 0.25) is 0 Å². The van der Waals surface area contributed by atoms with Gasteiger partial charge in [-0.1, -0.05) is 44.2 Å². The summed E-state index contributed by atoms with van der Waals surface area (Å²) in [6, 6.07) is 13.9. The molecule has 2 aromatic rings. The van der Waals surface area contributed by atoms with E-state index in [9.17, 15) is 13.2 Å². The van der Waals surface area contributed by atoms with Crippen molar-refractivity contribution in [1.82, 2.24) is 14.5 Å². The molecule has 1 N–H and O–H groups in total. The Labute approximate surface area is 190 Å². The van der Waals surface area contributed by atoms with E-state index in [0.717, 1.165) is 37.2 Å². The molecular formula is C23H33N3O3S2. The minimum Gasteiger partial charge on any atom is -0.354 e. The summed E-state index contributed by atoms with van der Waals surface area (Å²) < 4.78 is 27.3. The summed E-state index contributed by atoms with van der Waals surface area (Å²) in [6.07, 6.45) is 2.91. The van der Waals surface area contributed by atoms with Crippen LogP contribution in [0.25, 0.3) is 0 Å². The molecule has 1 unspecified atom stereocenters. The first-order chi connectivity index (χ1) is 14.9. The molecule has 1 atom stereocenters. The predicted octanol–water partition coefficient (Wildman–Crippen LogP) is 3.14. The Hall–Kier alpha value is -1.74. The molecule has 2 heterocycles. The lowest BCUT2D eigenvalue weighted by atomic mass is 10.0. The van der Waals surface area contributed by atoms with E-state index in [1.807, 2.05) is 18.2 Å². The van der Waals surface area contributed by atoms with Gasteiger partial charge in [-0.15, -0.1) is 11.3 Å². The summed E-state index contributed by atoms with van der Waals surface area (Å²) in [5, 5.41) is 3.07. The fraction of sp³-hybridized carbons (Fsp3) is 0.522. The van der Waals surface area contributed by atoms with Gasteiger partial charge in [0.15, 0.2) is 0 Å². The second-order valence-electron chi connectivity index (χ2n) is 7.88. The third kappa shape index (κ3) is 6.38. The van der Waals surface area contributed by atoms with Gasteiger partial charge < -0.3 is 5.32 Å². The van der Waals surface area contributed by atoms with Crippen molar-refractivity contribution >= 4 is 27.3 Å². The molecule has 3 rings (SSSR count). The molecule has 8 heteroatoms. The van der Waals surface area contributed by atoms with Crippen molar-refractivity contribution < 1.29 is 13.2 Å². The fourth-order valence-corrected chi connectivity index (χ4v) is 7.08. The van der Waals surface area contributed by atoms with Crippen molar-refractivity contribution in [1.29, 1.82) is 0 Å². The summed E-state index contributed by atoms with van der Waals surface area (Å²) in [5.74, 6) is -0.0720. The summed E-state index contributed by atoms with van der Waals surface area (Å²) in [5.41, 5.74) is 1.25. The predicted molar refractivity (Wildman–Crippen MR) is 126 cm³/mol. The number of thiophene rings is 1. The van der Waals surface area contributed by atoms with E-state index in [-0.39, 0.29) is 18.4 Å². The first kappa shape index (κ1) is 23.9. The number of hydrogen-bond donors (Lipinski definition) is 1. The Bertz CT molecular complexity index is 934. The molecule has 1 aromatic heterocycles. The highest BCUT2D eigenvalue weighted by Crippen LogP contribution is 2.27. The minimum atomic E-state index is -3.42. The van der Waals surface area contributed by atoms with Gasteiger partial charge in [-0.05, 0) is 50.0 Å². The summed E-state index contributed by atoms with van der Waals surface area (Å²) in [4.78, 5) is 15.7. The van der Waals surface area contributed by atoms with Crippen LogP contribution in [0.4, 0.5) is 0 Å². The van der Waals surface area contributed by atoms with Crippen molar-refractivity contribution in [3.8, 4) is 0 Å². The van der Waals surface area contributed by atoms with Crippen LogP contribution in [-0.4, -0.2) is 62.3 Å². The van der Waals surface area contributed by atoms with E-state index in [2.05, 4.69) is 36.2 Å². The van der Waals surface area contributed by atoms with Crippen LogP contribution >= 0.6 is 11.3 Å². The zero-order chi connectivity index (χ0) is 22.3. The second-order valence-corrected chi connectivity index (χ2v) is 11.2. The maximum absolute atomic E-state index is 12.7. The summed E-state index contributed by atoms with van der Waals surface area (Å²) in [6.45, 7) is 7.86. The first-order valence-electron chi connectivity index (χ1n) is 11.1. The lowest BCUT2D eigenvalue weighted by molar-refractivity contribution is -0.120. The third-order valence-corrected chi connectivity index (χ3v) is 9.26. The maximum Gasteiger partial charge on any atom is 0.252 e. The molecule has 31 heavy (non-hydrogen) atoms. The van der Waals surface area contributed by atoms with E-state index in [4.69, 9.17) is 0 Å². The molecule has 6 nitrogen and oxygen atoms in total. The van der Waals surface area contributed by atoms with Crippen LogP contribution in [-0.2, 0) is 27.7 Å². The third-order valence-electron chi connectivity index (χ3n) is 5.81. The molecule has 1 amide bonds. The van der Waals surface area contributed by atoms with Crippen LogP contribution in [0.5, 0.6) is 0 Å². The van der Waals surface area contributed by atoms with Crippen molar-refractivity contribution in [3.05, 3.63) is 52.9 Å². The highest BCUT2D eigenvalue weighted by atomic mass is 32.2. The summed E-state index contributed by atoms with van der Waals surface area (Å²) >= 11 is 1.21. The number of nitrogens with one attached hydrogen (secondary N) is 1. The fourth-order valence-electron chi connectivity index (χ4n) is 4.06. The molecule has 1 fully saturated rings. The monoisotopic (exact) mass is 463 g/mol. The number of rotatable bonds is 11. The normalized spacial score (nSPS) is 16.0. The van der Waals surface area contributed by atoms with Crippen LogP contribution in [0.3, 0.4) is 0 Å². The second kappa shape index (κ2) is 11.2. The Morgan fingerprint density at radius 1 is 1.10 bits per heavy atom. The lowest BCUT2D eigenvalue weighted by Crippen LogP contribution is -2.45. The van der Waals surface area contributed by atoms with Crippen LogP contribution < -0.4 is 5.32 Å². The number of likely N-dealkylation sites (N-methyl/N-ethyl adjacent to an activating group) is 1. The molecule has 0 radical (unpaired) electrons. The van der Waals surface area contributed by atoms with Gasteiger partial charge in [-0.2, -0.15) is 4.31 Å². The Morgan fingerprint density at radius 2 is 1.77 bits per heavy atom. The van der Waals surface area contributed by atoms with Crippen molar-refractivity contribution in [2.75, 3.05) is 32.7 Å². The van der Waals surface area contributed by atoms with E-state index in [1.54, 1.807) is 16.4 Å². The number of nitrogens with zero attached hydrogens (tertiary/aromatic N) is 2. The average Bonchev–Trinajstić information content (AvgIpc) is 3.46. The highest BCUT2D eigenvalue weighted by Gasteiger charge is 2.28. The van der Waals surface area contributed by atoms with Gasteiger partial charge in [0, 0.05) is 30.6 Å². The number of carbonyl (C=O) groups is 1. The van der Waals surface area contributed by atoms with Gasteiger partial charge >= 0.3 is 0 Å². The lowest BCUT2D eigenvalue weighted by Gasteiger charge is -2.30. The van der Waals surface area contributed by atoms with Gasteiger partial charge in [0.25, 0.3) is 10.0 Å². The molecular weight excluding hydrogens is 430 g/mol. The molecule has 1 saturated heterocycles. The largest absolute Gasteiger partial charge is 0.354 e. The van der Waals surface area contributed by atoms with Crippen molar-refractivity contribution in [2.45, 2.75) is 49.8 Å². The highest BCUT2D eigenvalue weighted by molar-refractivity contribution is 7.91. The van der Waals surface area contributed by atoms with E-state index in [0.29, 0.717) is 23.8 Å². The first-order valence-corrected chi connectivity index (χ1v) is 13.3. The molecule has 0 aliphatic carbocycles. The smallest absolute Gasteiger partial charge is 0.252 e. The molecule has 0 bridgehead atoms. The summed E-state index contributed by atoms with van der Waals surface area (Å²) in [7, 11) is -3.42. The van der Waals surface area contributed by atoms with Crippen molar-refractivity contribution in [3.63, 3.8) is 0 Å². The zero-order valence-electron chi connectivity index (χ0n) is 18.4. The average molecular weight is 464 g/mol. The maximum atomic E-state index is 12.7. The standard InChI is InChI=1S/C23H33N3O3S2/c1-3-25(4-2)20(16-19-10-6-5-7-11-19)18-24-22(27)17-21-12-13-23(30-21)31(28,29)26-14-8-9-15-26/h5-7,10-13,20H,3-4,8-9,14-18H2,1-2H3,(H,24,27). The molecule has 1 aliphatic rings. The van der Waals surface area contributed by atoms with Crippen LogP contribution in [0.1, 0.15) is 37.1 Å². The quantitative estimate of drug-likeness (QED) is 0.556. The number of carbonyl (C=O) groups excluding carboxylic acids is 1. The van der Waals surface area contributed by atoms with Crippen LogP contribution in [0.15, 0.2) is 46.7 Å². The van der Waals surface area contributed by atoms with Crippen LogP contribution in [0, 0.1) is 0 Å². The van der Waals surface area contributed by atoms with Gasteiger partial charge in [0.1, 0.15) is 4.21 Å². The van der Waals surface area contributed by atoms with E-state index >= 15 is 0 Å². The molecule has 1 aliphatic heterocycles. The number of amides is 1. The van der Waals surface area contributed by atoms with Gasteiger partial charge in [-0.25, -0.2) is 8.42 Å². The molecule has 170 valence electrons. The molecule has 1 aromatic carbocycles. The zero-order valence-corrected chi connectivity index (χ0v) is 20.1. The Morgan fingerprint density at radius 3 is 2.42 bits per heavy atom. The van der Waals surface area contributed by atoms with Gasteiger partial charge in [0.05, 0.1) is 6.42 Å². The van der Waals surface area contributed by atoms with Crippen molar-refractivity contribution in [2.24, 2.45) is 0 Å². The van der Waals surface area contributed by atoms with E-state index < -0.39 is 10.0 Å².